The highest BCUT2D eigenvalue weighted by Gasteiger charge is 2.13. The minimum atomic E-state index is -3.58. The molecule has 2 N–H and O–H groups in total. The largest absolute Gasteiger partial charge is 0.351 e. The van der Waals surface area contributed by atoms with Crippen LogP contribution in [0.5, 0.6) is 0 Å². The molecule has 0 spiro atoms. The van der Waals surface area contributed by atoms with Crippen LogP contribution in [0.4, 0.5) is 0 Å². The molecule has 0 aliphatic carbocycles. The molecule has 2 aromatic rings. The molecule has 0 atom stereocenters. The summed E-state index contributed by atoms with van der Waals surface area (Å²) >= 11 is 1.67. The summed E-state index contributed by atoms with van der Waals surface area (Å²) in [6.45, 7) is 6.20. The molecule has 0 saturated carbocycles. The van der Waals surface area contributed by atoms with E-state index in [0.717, 1.165) is 10.6 Å². The van der Waals surface area contributed by atoms with Gasteiger partial charge in [0, 0.05) is 29.3 Å². The van der Waals surface area contributed by atoms with Crippen LogP contribution in [0.1, 0.15) is 15.9 Å². The molecule has 0 aromatic heterocycles. The molecule has 0 bridgehead atoms. The smallest absolute Gasteiger partial charge is 0.251 e. The standard InChI is InChI=1S/C19H22N2O3S2/c1-3-12-21-26(23,24)18-10-6-16(7-11-18)19(22)20-13-14-25-17-8-4-15(2)5-9-17/h3-11,21H,1,12-14H2,2H3,(H,20,22). The summed E-state index contributed by atoms with van der Waals surface area (Å²) in [6, 6.07) is 14.1. The fourth-order valence-corrected chi connectivity index (χ4v) is 3.87. The zero-order valence-corrected chi connectivity index (χ0v) is 16.2. The van der Waals surface area contributed by atoms with Crippen LogP contribution in [0, 0.1) is 6.92 Å². The Bertz CT molecular complexity index is 845. The molecule has 0 aliphatic rings. The number of carbonyl (C=O) groups excluding carboxylic acids is 1. The fourth-order valence-electron chi connectivity index (χ4n) is 2.11. The van der Waals surface area contributed by atoms with Crippen molar-refractivity contribution in [2.75, 3.05) is 18.8 Å². The van der Waals surface area contributed by atoms with Gasteiger partial charge in [-0.2, -0.15) is 0 Å². The van der Waals surface area contributed by atoms with Gasteiger partial charge in [-0.1, -0.05) is 23.8 Å². The number of carbonyl (C=O) groups is 1. The predicted molar refractivity (Wildman–Crippen MR) is 106 cm³/mol. The normalized spacial score (nSPS) is 11.1. The van der Waals surface area contributed by atoms with Crippen molar-refractivity contribution < 1.29 is 13.2 Å². The Kier molecular flexibility index (Phi) is 7.44. The molecule has 0 unspecified atom stereocenters. The van der Waals surface area contributed by atoms with E-state index in [1.54, 1.807) is 11.8 Å². The maximum absolute atomic E-state index is 12.1. The van der Waals surface area contributed by atoms with Crippen LogP contribution in [0.15, 0.2) is 71.0 Å². The second-order valence-electron chi connectivity index (χ2n) is 5.58. The number of sulfonamides is 1. The highest BCUT2D eigenvalue weighted by atomic mass is 32.2. The summed E-state index contributed by atoms with van der Waals surface area (Å²) in [5.41, 5.74) is 1.64. The van der Waals surface area contributed by atoms with Crippen molar-refractivity contribution >= 4 is 27.7 Å². The Balaban J connectivity index is 1.84. The van der Waals surface area contributed by atoms with Crippen molar-refractivity contribution in [3.63, 3.8) is 0 Å². The van der Waals surface area contributed by atoms with Gasteiger partial charge in [0.15, 0.2) is 0 Å². The summed E-state index contributed by atoms with van der Waals surface area (Å²) < 4.78 is 26.3. The van der Waals surface area contributed by atoms with Crippen molar-refractivity contribution in [3.05, 3.63) is 72.3 Å². The second-order valence-corrected chi connectivity index (χ2v) is 8.52. The van der Waals surface area contributed by atoms with Gasteiger partial charge in [-0.3, -0.25) is 4.79 Å². The molecule has 2 rings (SSSR count). The van der Waals surface area contributed by atoms with Crippen molar-refractivity contribution in [2.45, 2.75) is 16.7 Å². The lowest BCUT2D eigenvalue weighted by Crippen LogP contribution is -2.26. The molecule has 0 fully saturated rings. The highest BCUT2D eigenvalue weighted by Crippen LogP contribution is 2.17. The number of hydrogen-bond donors (Lipinski definition) is 2. The molecule has 0 radical (unpaired) electrons. The number of thioether (sulfide) groups is 1. The topological polar surface area (TPSA) is 75.3 Å². The minimum absolute atomic E-state index is 0.117. The lowest BCUT2D eigenvalue weighted by molar-refractivity contribution is 0.0956. The van der Waals surface area contributed by atoms with E-state index in [1.165, 1.54) is 35.9 Å². The maximum atomic E-state index is 12.1. The Morgan fingerprint density at radius 3 is 2.38 bits per heavy atom. The molecular formula is C19H22N2O3S2. The minimum Gasteiger partial charge on any atom is -0.351 e. The zero-order valence-electron chi connectivity index (χ0n) is 14.6. The van der Waals surface area contributed by atoms with Crippen molar-refractivity contribution in [3.8, 4) is 0 Å². The van der Waals surface area contributed by atoms with E-state index in [9.17, 15) is 13.2 Å². The fraction of sp³-hybridized carbons (Fsp3) is 0.211. The summed E-state index contributed by atoms with van der Waals surface area (Å²) in [5, 5.41) is 2.83. The van der Waals surface area contributed by atoms with E-state index in [0.29, 0.717) is 12.1 Å². The SMILES string of the molecule is C=CCNS(=O)(=O)c1ccc(C(=O)NCCSc2ccc(C)cc2)cc1. The molecule has 0 saturated heterocycles. The van der Waals surface area contributed by atoms with Gasteiger partial charge in [-0.05, 0) is 43.3 Å². The molecule has 2 aromatic carbocycles. The van der Waals surface area contributed by atoms with E-state index in [1.807, 2.05) is 6.92 Å². The quantitative estimate of drug-likeness (QED) is 0.392. The van der Waals surface area contributed by atoms with Crippen LogP contribution < -0.4 is 10.0 Å². The zero-order chi connectivity index (χ0) is 19.0. The van der Waals surface area contributed by atoms with Gasteiger partial charge in [0.2, 0.25) is 10.0 Å². The molecule has 26 heavy (non-hydrogen) atoms. The van der Waals surface area contributed by atoms with Crippen LogP contribution >= 0.6 is 11.8 Å². The Hall–Kier alpha value is -2.09. The van der Waals surface area contributed by atoms with Crippen LogP contribution in [0.25, 0.3) is 0 Å². The van der Waals surface area contributed by atoms with E-state index in [4.69, 9.17) is 0 Å². The van der Waals surface area contributed by atoms with Gasteiger partial charge < -0.3 is 5.32 Å². The third-order valence-electron chi connectivity index (χ3n) is 3.52. The van der Waals surface area contributed by atoms with Crippen LogP contribution in [0.3, 0.4) is 0 Å². The first-order valence-electron chi connectivity index (χ1n) is 8.10. The average molecular weight is 391 g/mol. The van der Waals surface area contributed by atoms with E-state index in [2.05, 4.69) is 40.9 Å². The monoisotopic (exact) mass is 390 g/mol. The molecule has 0 heterocycles. The van der Waals surface area contributed by atoms with Gasteiger partial charge in [0.1, 0.15) is 0 Å². The number of aryl methyl sites for hydroxylation is 1. The first-order valence-corrected chi connectivity index (χ1v) is 10.6. The Morgan fingerprint density at radius 1 is 1.12 bits per heavy atom. The second kappa shape index (κ2) is 9.56. The first-order chi connectivity index (χ1) is 12.4. The third-order valence-corrected chi connectivity index (χ3v) is 5.98. The molecule has 0 aliphatic heterocycles. The molecule has 5 nitrogen and oxygen atoms in total. The van der Waals surface area contributed by atoms with Crippen LogP contribution in [-0.2, 0) is 10.0 Å². The number of hydrogen-bond acceptors (Lipinski definition) is 4. The molecule has 7 heteroatoms. The van der Waals surface area contributed by atoms with Crippen molar-refractivity contribution in [2.24, 2.45) is 0 Å². The van der Waals surface area contributed by atoms with Crippen molar-refractivity contribution in [1.29, 1.82) is 0 Å². The maximum Gasteiger partial charge on any atom is 0.251 e. The van der Waals surface area contributed by atoms with Gasteiger partial charge >= 0.3 is 0 Å². The summed E-state index contributed by atoms with van der Waals surface area (Å²) in [6.07, 6.45) is 1.47. The van der Waals surface area contributed by atoms with E-state index in [-0.39, 0.29) is 17.3 Å². The number of amides is 1. The lowest BCUT2D eigenvalue weighted by Gasteiger charge is -2.07. The summed E-state index contributed by atoms with van der Waals surface area (Å²) in [7, 11) is -3.58. The van der Waals surface area contributed by atoms with E-state index >= 15 is 0 Å². The predicted octanol–water partition coefficient (Wildman–Crippen LogP) is 2.98. The van der Waals surface area contributed by atoms with Gasteiger partial charge in [0.25, 0.3) is 5.91 Å². The summed E-state index contributed by atoms with van der Waals surface area (Å²) in [4.78, 5) is 13.4. The third kappa shape index (κ3) is 6.01. The van der Waals surface area contributed by atoms with Gasteiger partial charge in [0.05, 0.1) is 4.90 Å². The Labute approximate surface area is 158 Å². The first kappa shape index (κ1) is 20.2. The number of rotatable bonds is 9. The van der Waals surface area contributed by atoms with Gasteiger partial charge in [-0.25, -0.2) is 13.1 Å². The number of benzene rings is 2. The van der Waals surface area contributed by atoms with Gasteiger partial charge in [-0.15, -0.1) is 18.3 Å². The van der Waals surface area contributed by atoms with Crippen LogP contribution in [-0.4, -0.2) is 33.2 Å². The van der Waals surface area contributed by atoms with E-state index < -0.39 is 10.0 Å². The molecular weight excluding hydrogens is 368 g/mol. The Morgan fingerprint density at radius 2 is 1.77 bits per heavy atom. The molecule has 138 valence electrons. The number of nitrogens with one attached hydrogen (secondary N) is 2. The van der Waals surface area contributed by atoms with Crippen molar-refractivity contribution in [1.82, 2.24) is 10.0 Å². The van der Waals surface area contributed by atoms with Crippen LogP contribution in [0.2, 0.25) is 0 Å². The lowest BCUT2D eigenvalue weighted by atomic mass is 10.2. The average Bonchev–Trinajstić information content (AvgIpc) is 2.65. The summed E-state index contributed by atoms with van der Waals surface area (Å²) in [5.74, 6) is 0.532. The highest BCUT2D eigenvalue weighted by molar-refractivity contribution is 7.99. The molecule has 1 amide bonds.